The van der Waals surface area contributed by atoms with Crippen LogP contribution in [0, 0.1) is 0 Å². The third kappa shape index (κ3) is 2.22. The summed E-state index contributed by atoms with van der Waals surface area (Å²) in [6, 6.07) is 0. The average Bonchev–Trinajstić information content (AvgIpc) is 2.31. The van der Waals surface area contributed by atoms with Gasteiger partial charge in [-0.05, 0) is 0 Å². The molecule has 96 valence electrons. The third-order valence-electron chi connectivity index (χ3n) is 3.08. The lowest BCUT2D eigenvalue weighted by Crippen LogP contribution is -2.65. The van der Waals surface area contributed by atoms with Crippen molar-refractivity contribution in [3.05, 3.63) is 0 Å². The van der Waals surface area contributed by atoms with Crippen molar-refractivity contribution in [1.29, 1.82) is 0 Å². The molecule has 0 bridgehead atoms. The molecule has 1 saturated carbocycles. The van der Waals surface area contributed by atoms with Crippen LogP contribution in [0.15, 0.2) is 0 Å². The summed E-state index contributed by atoms with van der Waals surface area (Å²) in [5, 5.41) is 19.7. The second-order valence-electron chi connectivity index (χ2n) is 3.78. The van der Waals surface area contributed by atoms with E-state index in [0.29, 0.717) is 0 Å². The average molecular weight is 236 g/mol. The van der Waals surface area contributed by atoms with Gasteiger partial charge in [-0.1, -0.05) is 0 Å². The molecule has 1 aliphatic rings. The molecule has 16 heavy (non-hydrogen) atoms. The van der Waals surface area contributed by atoms with Crippen LogP contribution in [0.1, 0.15) is 0 Å². The molecular weight excluding hydrogens is 216 g/mol. The van der Waals surface area contributed by atoms with Gasteiger partial charge in [0.05, 0.1) is 0 Å². The summed E-state index contributed by atoms with van der Waals surface area (Å²) in [6.07, 6.45) is -4.39. The molecule has 6 atom stereocenters. The first-order valence-electron chi connectivity index (χ1n) is 5.09. The maximum Gasteiger partial charge on any atom is 0.115 e. The quantitative estimate of drug-likeness (QED) is 0.637. The van der Waals surface area contributed by atoms with Gasteiger partial charge in [0.1, 0.15) is 36.6 Å². The Balaban J connectivity index is 2.94. The summed E-state index contributed by atoms with van der Waals surface area (Å²) in [5.74, 6) is 0. The predicted octanol–water partition coefficient (Wildman–Crippen LogP) is -1.22. The highest BCUT2D eigenvalue weighted by atomic mass is 16.6. The van der Waals surface area contributed by atoms with E-state index in [4.69, 9.17) is 18.9 Å². The van der Waals surface area contributed by atoms with Gasteiger partial charge in [-0.15, -0.1) is 0 Å². The first kappa shape index (κ1) is 13.8. The lowest BCUT2D eigenvalue weighted by molar-refractivity contribution is -0.247. The summed E-state index contributed by atoms with van der Waals surface area (Å²) in [7, 11) is 5.90. The van der Waals surface area contributed by atoms with E-state index < -0.39 is 36.6 Å². The van der Waals surface area contributed by atoms with Crippen molar-refractivity contribution < 1.29 is 29.2 Å². The molecule has 6 heteroatoms. The minimum atomic E-state index is -1.06. The highest BCUT2D eigenvalue weighted by Gasteiger charge is 2.51. The van der Waals surface area contributed by atoms with E-state index in [2.05, 4.69) is 0 Å². The molecule has 1 rings (SSSR count). The molecule has 0 aromatic carbocycles. The Bertz CT molecular complexity index is 189. The molecule has 0 unspecified atom stereocenters. The van der Waals surface area contributed by atoms with Crippen LogP contribution in [0.25, 0.3) is 0 Å². The second-order valence-corrected chi connectivity index (χ2v) is 3.78. The molecule has 1 aliphatic carbocycles. The fourth-order valence-electron chi connectivity index (χ4n) is 2.23. The number of hydrogen-bond acceptors (Lipinski definition) is 6. The van der Waals surface area contributed by atoms with Gasteiger partial charge in [0.25, 0.3) is 0 Å². The summed E-state index contributed by atoms with van der Waals surface area (Å²) in [5.41, 5.74) is 0. The van der Waals surface area contributed by atoms with Crippen LogP contribution < -0.4 is 0 Å². The van der Waals surface area contributed by atoms with E-state index in [-0.39, 0.29) is 0 Å². The number of methoxy groups -OCH3 is 4. The molecule has 2 N–H and O–H groups in total. The fourth-order valence-corrected chi connectivity index (χ4v) is 2.23. The summed E-state index contributed by atoms with van der Waals surface area (Å²) in [6.45, 7) is 0. The van der Waals surface area contributed by atoms with E-state index in [1.54, 1.807) is 0 Å². The first-order chi connectivity index (χ1) is 7.62. The lowest BCUT2D eigenvalue weighted by atomic mass is 9.84. The van der Waals surface area contributed by atoms with Crippen molar-refractivity contribution in [2.24, 2.45) is 0 Å². The molecule has 0 radical (unpaired) electrons. The van der Waals surface area contributed by atoms with Gasteiger partial charge in [0, 0.05) is 28.4 Å². The fraction of sp³-hybridized carbons (Fsp3) is 1.00. The van der Waals surface area contributed by atoms with Crippen molar-refractivity contribution in [2.75, 3.05) is 28.4 Å². The van der Waals surface area contributed by atoms with E-state index in [1.807, 2.05) is 0 Å². The minimum Gasteiger partial charge on any atom is -0.387 e. The van der Waals surface area contributed by atoms with Gasteiger partial charge in [0.2, 0.25) is 0 Å². The van der Waals surface area contributed by atoms with Crippen LogP contribution in [-0.4, -0.2) is 75.3 Å². The number of aliphatic hydroxyl groups excluding tert-OH is 2. The molecule has 0 saturated heterocycles. The van der Waals surface area contributed by atoms with Crippen LogP contribution in [0.3, 0.4) is 0 Å². The zero-order chi connectivity index (χ0) is 12.3. The van der Waals surface area contributed by atoms with Crippen molar-refractivity contribution in [3.63, 3.8) is 0 Å². The Morgan fingerprint density at radius 2 is 0.812 bits per heavy atom. The van der Waals surface area contributed by atoms with Crippen molar-refractivity contribution in [1.82, 2.24) is 0 Å². The van der Waals surface area contributed by atoms with Crippen LogP contribution in [-0.2, 0) is 18.9 Å². The maximum atomic E-state index is 9.86. The second kappa shape index (κ2) is 5.90. The molecule has 0 aromatic rings. The number of rotatable bonds is 4. The molecule has 0 amide bonds. The van der Waals surface area contributed by atoms with Crippen LogP contribution in [0.2, 0.25) is 0 Å². The van der Waals surface area contributed by atoms with E-state index in [9.17, 15) is 10.2 Å². The molecule has 6 nitrogen and oxygen atoms in total. The van der Waals surface area contributed by atoms with Gasteiger partial charge in [-0.2, -0.15) is 0 Å². The van der Waals surface area contributed by atoms with Crippen molar-refractivity contribution in [3.8, 4) is 0 Å². The van der Waals surface area contributed by atoms with Crippen molar-refractivity contribution in [2.45, 2.75) is 36.6 Å². The zero-order valence-corrected chi connectivity index (χ0v) is 9.99. The first-order valence-corrected chi connectivity index (χ1v) is 5.09. The molecule has 0 heterocycles. The molecule has 1 fully saturated rings. The van der Waals surface area contributed by atoms with Crippen LogP contribution in [0.5, 0.6) is 0 Å². The molecule has 0 aromatic heterocycles. The minimum absolute atomic E-state index is 0.488. The number of hydrogen-bond donors (Lipinski definition) is 2. The SMILES string of the molecule is CO[C@H]1[C@H](OC)[C@@H](OC)[C@@H](O)[C@@H](O)[C@@H]1OC. The number of ether oxygens (including phenoxy) is 4. The summed E-state index contributed by atoms with van der Waals surface area (Å²) < 4.78 is 20.8. The highest BCUT2D eigenvalue weighted by molar-refractivity contribution is 5.01. The van der Waals surface area contributed by atoms with E-state index >= 15 is 0 Å². The number of aliphatic hydroxyl groups is 2. The monoisotopic (exact) mass is 236 g/mol. The van der Waals surface area contributed by atoms with Crippen LogP contribution in [0.4, 0.5) is 0 Å². The normalized spacial score (nSPS) is 44.6. The molecular formula is C10H20O6. The Morgan fingerprint density at radius 1 is 0.562 bits per heavy atom. The lowest BCUT2D eigenvalue weighted by Gasteiger charge is -2.45. The third-order valence-corrected chi connectivity index (χ3v) is 3.08. The standard InChI is InChI=1S/C10H20O6/c1-13-7-5(11)6(12)8(14-2)10(16-4)9(7)15-3/h5-12H,1-4H3/t5-,6+,7-,8-,9+,10+/m0/s1. The van der Waals surface area contributed by atoms with Crippen LogP contribution >= 0.6 is 0 Å². The van der Waals surface area contributed by atoms with Gasteiger partial charge in [-0.3, -0.25) is 0 Å². The summed E-state index contributed by atoms with van der Waals surface area (Å²) >= 11 is 0. The Labute approximate surface area is 95.1 Å². The summed E-state index contributed by atoms with van der Waals surface area (Å²) in [4.78, 5) is 0. The predicted molar refractivity (Wildman–Crippen MR) is 55.2 cm³/mol. The Kier molecular flexibility index (Phi) is 5.10. The zero-order valence-electron chi connectivity index (χ0n) is 9.99. The van der Waals surface area contributed by atoms with Crippen molar-refractivity contribution >= 4 is 0 Å². The topological polar surface area (TPSA) is 77.4 Å². The van der Waals surface area contributed by atoms with Gasteiger partial charge >= 0.3 is 0 Å². The smallest absolute Gasteiger partial charge is 0.115 e. The molecule has 0 aliphatic heterocycles. The van der Waals surface area contributed by atoms with Gasteiger partial charge in [-0.25, -0.2) is 0 Å². The maximum absolute atomic E-state index is 9.86. The Hall–Kier alpha value is -0.240. The van der Waals surface area contributed by atoms with Gasteiger partial charge in [0.15, 0.2) is 0 Å². The van der Waals surface area contributed by atoms with E-state index in [1.165, 1.54) is 28.4 Å². The van der Waals surface area contributed by atoms with Gasteiger partial charge < -0.3 is 29.2 Å². The highest BCUT2D eigenvalue weighted by Crippen LogP contribution is 2.28. The molecule has 0 spiro atoms. The Morgan fingerprint density at radius 3 is 1.00 bits per heavy atom. The van der Waals surface area contributed by atoms with E-state index in [0.717, 1.165) is 0 Å². The largest absolute Gasteiger partial charge is 0.387 e.